The summed E-state index contributed by atoms with van der Waals surface area (Å²) in [4.78, 5) is 10.2. The Kier molecular flexibility index (Phi) is 2.84. The zero-order valence-corrected chi connectivity index (χ0v) is 6.23. The Labute approximate surface area is 67.1 Å². The molecule has 0 N–H and O–H groups in total. The highest BCUT2D eigenvalue weighted by atomic mass is 16.1. The molecule has 1 aromatic carbocycles. The molecule has 0 spiro atoms. The van der Waals surface area contributed by atoms with Crippen molar-refractivity contribution in [3.8, 4) is 0 Å². The topological polar surface area (TPSA) is 17.1 Å². The van der Waals surface area contributed by atoms with Crippen LogP contribution in [-0.4, -0.2) is 6.29 Å². The molecule has 0 saturated carbocycles. The van der Waals surface area contributed by atoms with Gasteiger partial charge < -0.3 is 4.79 Å². The van der Waals surface area contributed by atoms with Gasteiger partial charge >= 0.3 is 0 Å². The van der Waals surface area contributed by atoms with Gasteiger partial charge in [-0.2, -0.15) is 0 Å². The SMILES string of the molecule is [CH]C(C=O)Cc1ccccc1. The minimum atomic E-state index is -0.364. The Bertz CT molecular complexity index is 216. The second-order valence-corrected chi connectivity index (χ2v) is 2.49. The van der Waals surface area contributed by atoms with Gasteiger partial charge in [0, 0.05) is 5.92 Å². The summed E-state index contributed by atoms with van der Waals surface area (Å²) in [7, 11) is 0. The zero-order valence-electron chi connectivity index (χ0n) is 6.23. The van der Waals surface area contributed by atoms with Gasteiger partial charge in [-0.25, -0.2) is 0 Å². The highest BCUT2D eigenvalue weighted by molar-refractivity contribution is 5.55. The Morgan fingerprint density at radius 3 is 2.55 bits per heavy atom. The van der Waals surface area contributed by atoms with E-state index in [1.165, 1.54) is 0 Å². The van der Waals surface area contributed by atoms with Gasteiger partial charge in [0.05, 0.1) is 0 Å². The average Bonchev–Trinajstić information content (AvgIpc) is 2.06. The first kappa shape index (κ1) is 7.99. The first-order valence-electron chi connectivity index (χ1n) is 3.57. The third kappa shape index (κ3) is 2.54. The van der Waals surface area contributed by atoms with Gasteiger partial charge in [0.15, 0.2) is 0 Å². The molecule has 1 unspecified atom stereocenters. The Balaban J connectivity index is 2.57. The monoisotopic (exact) mass is 146 g/mol. The molecule has 1 nitrogen and oxygen atoms in total. The van der Waals surface area contributed by atoms with E-state index in [1.807, 2.05) is 30.3 Å². The zero-order chi connectivity index (χ0) is 8.10. The van der Waals surface area contributed by atoms with Crippen LogP contribution < -0.4 is 0 Å². The summed E-state index contributed by atoms with van der Waals surface area (Å²) >= 11 is 0. The smallest absolute Gasteiger partial charge is 0.123 e. The van der Waals surface area contributed by atoms with Gasteiger partial charge in [-0.15, -0.1) is 0 Å². The van der Waals surface area contributed by atoms with E-state index >= 15 is 0 Å². The Morgan fingerprint density at radius 2 is 2.00 bits per heavy atom. The van der Waals surface area contributed by atoms with E-state index in [-0.39, 0.29) is 5.92 Å². The number of carbonyl (C=O) groups excluding carboxylic acids is 1. The van der Waals surface area contributed by atoms with Gasteiger partial charge in [-0.05, 0) is 18.9 Å². The predicted octanol–water partition coefficient (Wildman–Crippen LogP) is 1.76. The van der Waals surface area contributed by atoms with Gasteiger partial charge in [0.2, 0.25) is 0 Å². The molecule has 0 heterocycles. The van der Waals surface area contributed by atoms with Crippen molar-refractivity contribution in [3.63, 3.8) is 0 Å². The molecular formula is C10H10O. The fourth-order valence-electron chi connectivity index (χ4n) is 0.934. The lowest BCUT2D eigenvalue weighted by molar-refractivity contribution is -0.109. The number of benzene rings is 1. The summed E-state index contributed by atoms with van der Waals surface area (Å²) in [6, 6.07) is 9.74. The molecular weight excluding hydrogens is 136 g/mol. The predicted molar refractivity (Wildman–Crippen MR) is 44.0 cm³/mol. The van der Waals surface area contributed by atoms with E-state index in [9.17, 15) is 4.79 Å². The molecule has 0 aliphatic rings. The van der Waals surface area contributed by atoms with Crippen LogP contribution in [0.5, 0.6) is 0 Å². The minimum absolute atomic E-state index is 0.364. The normalized spacial score (nSPS) is 12.5. The fourth-order valence-corrected chi connectivity index (χ4v) is 0.934. The van der Waals surface area contributed by atoms with E-state index in [0.717, 1.165) is 11.8 Å². The van der Waals surface area contributed by atoms with Crippen molar-refractivity contribution < 1.29 is 4.79 Å². The van der Waals surface area contributed by atoms with Gasteiger partial charge in [-0.1, -0.05) is 30.3 Å². The maximum atomic E-state index is 10.2. The summed E-state index contributed by atoms with van der Waals surface area (Å²) in [5.41, 5.74) is 1.10. The molecule has 0 bridgehead atoms. The quantitative estimate of drug-likeness (QED) is 0.594. The second-order valence-electron chi connectivity index (χ2n) is 2.49. The van der Waals surface area contributed by atoms with Crippen LogP contribution in [0, 0.1) is 12.8 Å². The van der Waals surface area contributed by atoms with Gasteiger partial charge in [0.25, 0.3) is 0 Å². The molecule has 1 rings (SSSR count). The number of hydrogen-bond acceptors (Lipinski definition) is 1. The minimum Gasteiger partial charge on any atom is -0.303 e. The summed E-state index contributed by atoms with van der Waals surface area (Å²) in [5.74, 6) is -0.364. The third-order valence-electron chi connectivity index (χ3n) is 1.49. The average molecular weight is 146 g/mol. The summed E-state index contributed by atoms with van der Waals surface area (Å²) in [5, 5.41) is 0. The van der Waals surface area contributed by atoms with Crippen molar-refractivity contribution in [2.24, 2.45) is 5.92 Å². The number of carbonyl (C=O) groups is 1. The van der Waals surface area contributed by atoms with Crippen LogP contribution in [0.15, 0.2) is 30.3 Å². The molecule has 0 aromatic heterocycles. The van der Waals surface area contributed by atoms with Crippen molar-refractivity contribution in [2.75, 3.05) is 0 Å². The number of hydrogen-bond donors (Lipinski definition) is 0. The molecule has 0 amide bonds. The Morgan fingerprint density at radius 1 is 1.36 bits per heavy atom. The summed E-state index contributed by atoms with van der Waals surface area (Å²) in [6.45, 7) is 5.44. The molecule has 1 atom stereocenters. The molecule has 0 aliphatic carbocycles. The van der Waals surface area contributed by atoms with Gasteiger partial charge in [-0.3, -0.25) is 0 Å². The lowest BCUT2D eigenvalue weighted by Crippen LogP contribution is -2.00. The first-order valence-corrected chi connectivity index (χ1v) is 3.57. The van der Waals surface area contributed by atoms with Crippen molar-refractivity contribution in [2.45, 2.75) is 6.42 Å². The van der Waals surface area contributed by atoms with E-state index in [0.29, 0.717) is 6.42 Å². The lowest BCUT2D eigenvalue weighted by Gasteiger charge is -2.01. The molecule has 0 saturated heterocycles. The molecule has 0 fully saturated rings. The van der Waals surface area contributed by atoms with Crippen LogP contribution in [0.3, 0.4) is 0 Å². The molecule has 2 radical (unpaired) electrons. The van der Waals surface area contributed by atoms with Crippen LogP contribution in [0.4, 0.5) is 0 Å². The third-order valence-corrected chi connectivity index (χ3v) is 1.49. The summed E-state index contributed by atoms with van der Waals surface area (Å²) in [6.07, 6.45) is 1.40. The van der Waals surface area contributed by atoms with Crippen molar-refractivity contribution >= 4 is 6.29 Å². The highest BCUT2D eigenvalue weighted by Gasteiger charge is 1.99. The maximum Gasteiger partial charge on any atom is 0.123 e. The van der Waals surface area contributed by atoms with Crippen molar-refractivity contribution in [1.82, 2.24) is 0 Å². The molecule has 11 heavy (non-hydrogen) atoms. The van der Waals surface area contributed by atoms with E-state index in [1.54, 1.807) is 0 Å². The molecule has 56 valence electrons. The van der Waals surface area contributed by atoms with Crippen LogP contribution in [0.1, 0.15) is 5.56 Å². The largest absolute Gasteiger partial charge is 0.303 e. The van der Waals surface area contributed by atoms with E-state index in [4.69, 9.17) is 6.92 Å². The van der Waals surface area contributed by atoms with Crippen LogP contribution in [-0.2, 0) is 11.2 Å². The molecule has 0 aliphatic heterocycles. The van der Waals surface area contributed by atoms with Crippen molar-refractivity contribution in [1.29, 1.82) is 0 Å². The highest BCUT2D eigenvalue weighted by Crippen LogP contribution is 2.04. The Hall–Kier alpha value is -1.11. The first-order chi connectivity index (χ1) is 5.33. The standard InChI is InChI=1S/C10H10O/c1-9(8-11)7-10-5-3-2-4-6-10/h1-6,8-9H,7H2. The van der Waals surface area contributed by atoms with Crippen LogP contribution in [0.2, 0.25) is 0 Å². The molecule has 1 heteroatoms. The van der Waals surface area contributed by atoms with Crippen molar-refractivity contribution in [3.05, 3.63) is 42.8 Å². The lowest BCUT2D eigenvalue weighted by atomic mass is 10.0. The van der Waals surface area contributed by atoms with Crippen LogP contribution >= 0.6 is 0 Å². The second kappa shape index (κ2) is 3.91. The summed E-state index contributed by atoms with van der Waals surface area (Å²) < 4.78 is 0. The van der Waals surface area contributed by atoms with E-state index in [2.05, 4.69) is 0 Å². The van der Waals surface area contributed by atoms with Crippen LogP contribution in [0.25, 0.3) is 0 Å². The molecule has 1 aromatic rings. The number of rotatable bonds is 3. The maximum absolute atomic E-state index is 10.2. The van der Waals surface area contributed by atoms with E-state index < -0.39 is 0 Å². The fraction of sp³-hybridized carbons (Fsp3) is 0.200. The van der Waals surface area contributed by atoms with Gasteiger partial charge in [0.1, 0.15) is 6.29 Å². The number of aldehydes is 1.